The van der Waals surface area contributed by atoms with Gasteiger partial charge in [0.25, 0.3) is 5.91 Å². The van der Waals surface area contributed by atoms with E-state index < -0.39 is 0 Å². The Bertz CT molecular complexity index is 767. The Labute approximate surface area is 172 Å². The van der Waals surface area contributed by atoms with Gasteiger partial charge in [-0.3, -0.25) is 9.59 Å². The van der Waals surface area contributed by atoms with Crippen LogP contribution in [0.25, 0.3) is 0 Å². The number of hydrogen-bond acceptors (Lipinski definition) is 4. The van der Waals surface area contributed by atoms with Crippen LogP contribution in [0.4, 0.5) is 0 Å². The van der Waals surface area contributed by atoms with Crippen molar-refractivity contribution in [3.63, 3.8) is 0 Å². The fraction of sp³-hybridized carbons (Fsp3) is 0.478. The van der Waals surface area contributed by atoms with E-state index in [-0.39, 0.29) is 30.4 Å². The van der Waals surface area contributed by atoms with E-state index in [0.717, 1.165) is 25.2 Å². The minimum Gasteiger partial charge on any atom is -0.467 e. The summed E-state index contributed by atoms with van der Waals surface area (Å²) in [5.74, 6) is 0.762. The number of ether oxygens (including phenoxy) is 1. The van der Waals surface area contributed by atoms with E-state index in [4.69, 9.17) is 9.15 Å². The molecular formula is C23H30N2O4. The fourth-order valence-electron chi connectivity index (χ4n) is 3.57. The number of furan rings is 1. The lowest BCUT2D eigenvalue weighted by Crippen LogP contribution is -2.46. The first-order valence-electron chi connectivity index (χ1n) is 10.3. The molecule has 0 aliphatic carbocycles. The molecule has 0 radical (unpaired) electrons. The Balaban J connectivity index is 1.73. The molecule has 29 heavy (non-hydrogen) atoms. The van der Waals surface area contributed by atoms with Gasteiger partial charge in [0.15, 0.2) is 0 Å². The van der Waals surface area contributed by atoms with Gasteiger partial charge < -0.3 is 19.0 Å². The molecule has 0 spiro atoms. The van der Waals surface area contributed by atoms with Crippen molar-refractivity contribution in [1.82, 2.24) is 9.80 Å². The molecule has 1 aliphatic heterocycles. The van der Waals surface area contributed by atoms with Crippen molar-refractivity contribution < 1.29 is 18.7 Å². The molecule has 1 atom stereocenters. The Hall–Kier alpha value is -2.60. The number of carbonyl (C=O) groups is 2. The highest BCUT2D eigenvalue weighted by atomic mass is 16.5. The molecule has 2 aromatic rings. The summed E-state index contributed by atoms with van der Waals surface area (Å²) in [5, 5.41) is 0. The number of hydrogen-bond donors (Lipinski definition) is 0. The number of carbonyl (C=O) groups excluding carboxylic acids is 2. The molecule has 1 fully saturated rings. The van der Waals surface area contributed by atoms with E-state index in [9.17, 15) is 9.59 Å². The monoisotopic (exact) mass is 398 g/mol. The van der Waals surface area contributed by atoms with Gasteiger partial charge in [-0.25, -0.2) is 0 Å². The first-order valence-corrected chi connectivity index (χ1v) is 10.3. The normalized spacial score (nSPS) is 16.2. The van der Waals surface area contributed by atoms with Crippen LogP contribution in [-0.4, -0.2) is 54.0 Å². The van der Waals surface area contributed by atoms with E-state index in [1.54, 1.807) is 28.2 Å². The second-order valence-electron chi connectivity index (χ2n) is 7.93. The van der Waals surface area contributed by atoms with Crippen LogP contribution in [0.1, 0.15) is 42.8 Å². The maximum atomic E-state index is 13.2. The third-order valence-corrected chi connectivity index (χ3v) is 4.95. The molecule has 6 nitrogen and oxygen atoms in total. The molecule has 3 rings (SSSR count). The molecule has 1 aromatic carbocycles. The molecular weight excluding hydrogens is 368 g/mol. The van der Waals surface area contributed by atoms with E-state index in [0.29, 0.717) is 25.2 Å². The average molecular weight is 399 g/mol. The van der Waals surface area contributed by atoms with Crippen molar-refractivity contribution in [2.24, 2.45) is 5.92 Å². The Morgan fingerprint density at radius 3 is 2.52 bits per heavy atom. The van der Waals surface area contributed by atoms with Crippen LogP contribution in [0.5, 0.6) is 0 Å². The highest BCUT2D eigenvalue weighted by molar-refractivity contribution is 5.96. The predicted octanol–water partition coefficient (Wildman–Crippen LogP) is 3.59. The molecule has 0 saturated carbocycles. The van der Waals surface area contributed by atoms with Crippen LogP contribution in [0, 0.1) is 5.92 Å². The first-order chi connectivity index (χ1) is 14.0. The molecule has 156 valence electrons. The van der Waals surface area contributed by atoms with Crippen LogP contribution >= 0.6 is 0 Å². The third-order valence-electron chi connectivity index (χ3n) is 4.95. The summed E-state index contributed by atoms with van der Waals surface area (Å²) in [7, 11) is 0. The summed E-state index contributed by atoms with van der Waals surface area (Å²) >= 11 is 0. The lowest BCUT2D eigenvalue weighted by atomic mass is 10.1. The van der Waals surface area contributed by atoms with Gasteiger partial charge in [-0.15, -0.1) is 0 Å². The average Bonchev–Trinajstić information content (AvgIpc) is 3.41. The van der Waals surface area contributed by atoms with Crippen LogP contribution in [0.15, 0.2) is 53.1 Å². The molecule has 1 unspecified atom stereocenters. The highest BCUT2D eigenvalue weighted by Gasteiger charge is 2.27. The van der Waals surface area contributed by atoms with Gasteiger partial charge in [0, 0.05) is 25.3 Å². The van der Waals surface area contributed by atoms with Crippen LogP contribution in [0.3, 0.4) is 0 Å². The number of rotatable bonds is 9. The van der Waals surface area contributed by atoms with Crippen molar-refractivity contribution in [3.05, 3.63) is 60.1 Å². The minimum atomic E-state index is -0.122. The van der Waals surface area contributed by atoms with Gasteiger partial charge in [0.2, 0.25) is 5.91 Å². The van der Waals surface area contributed by atoms with Crippen molar-refractivity contribution in [2.75, 3.05) is 26.2 Å². The zero-order valence-electron chi connectivity index (χ0n) is 17.3. The summed E-state index contributed by atoms with van der Waals surface area (Å²) in [6.45, 7) is 6.27. The Morgan fingerprint density at radius 2 is 1.90 bits per heavy atom. The molecule has 0 N–H and O–H groups in total. The number of benzene rings is 1. The molecule has 2 heterocycles. The zero-order chi connectivity index (χ0) is 20.6. The molecule has 1 saturated heterocycles. The summed E-state index contributed by atoms with van der Waals surface area (Å²) in [4.78, 5) is 29.6. The first kappa shape index (κ1) is 21.1. The molecule has 6 heteroatoms. The van der Waals surface area contributed by atoms with Gasteiger partial charge in [-0.1, -0.05) is 32.0 Å². The van der Waals surface area contributed by atoms with Gasteiger partial charge in [0.05, 0.1) is 18.9 Å². The molecule has 2 amide bonds. The van der Waals surface area contributed by atoms with E-state index in [1.807, 2.05) is 44.2 Å². The SMILES string of the molecule is CC(C)CN(CC(=O)N(Cc1ccco1)CC1CCCO1)C(=O)c1ccccc1. The van der Waals surface area contributed by atoms with Gasteiger partial charge >= 0.3 is 0 Å². The van der Waals surface area contributed by atoms with Crippen molar-refractivity contribution in [3.8, 4) is 0 Å². The quantitative estimate of drug-likeness (QED) is 0.648. The summed E-state index contributed by atoms with van der Waals surface area (Å²) in [5.41, 5.74) is 0.595. The fourth-order valence-corrected chi connectivity index (χ4v) is 3.57. The Morgan fingerprint density at radius 1 is 1.10 bits per heavy atom. The van der Waals surface area contributed by atoms with E-state index in [2.05, 4.69) is 0 Å². The number of amides is 2. The maximum Gasteiger partial charge on any atom is 0.254 e. The predicted molar refractivity (Wildman–Crippen MR) is 110 cm³/mol. The van der Waals surface area contributed by atoms with Gasteiger partial charge in [-0.05, 0) is 43.0 Å². The standard InChI is InChI=1S/C23H30N2O4/c1-18(2)14-25(23(27)19-8-4-3-5-9-19)17-22(26)24(15-20-10-6-12-28-20)16-21-11-7-13-29-21/h3-6,8-10,12,18,21H,7,11,13-17H2,1-2H3. The molecule has 1 aromatic heterocycles. The molecule has 0 bridgehead atoms. The van der Waals surface area contributed by atoms with Gasteiger partial charge in [-0.2, -0.15) is 0 Å². The second kappa shape index (κ2) is 10.3. The molecule has 1 aliphatic rings. The summed E-state index contributed by atoms with van der Waals surface area (Å²) in [6.07, 6.45) is 3.60. The Kier molecular flexibility index (Phi) is 7.47. The van der Waals surface area contributed by atoms with Crippen LogP contribution < -0.4 is 0 Å². The number of nitrogens with zero attached hydrogens (tertiary/aromatic N) is 2. The minimum absolute atomic E-state index is 0.0392. The lowest BCUT2D eigenvalue weighted by Gasteiger charge is -2.29. The van der Waals surface area contributed by atoms with Crippen LogP contribution in [0.2, 0.25) is 0 Å². The summed E-state index contributed by atoms with van der Waals surface area (Å²) < 4.78 is 11.2. The zero-order valence-corrected chi connectivity index (χ0v) is 17.3. The van der Waals surface area contributed by atoms with Crippen molar-refractivity contribution in [2.45, 2.75) is 39.3 Å². The van der Waals surface area contributed by atoms with Crippen molar-refractivity contribution >= 4 is 11.8 Å². The third kappa shape index (κ3) is 6.19. The lowest BCUT2D eigenvalue weighted by molar-refractivity contribution is -0.134. The van der Waals surface area contributed by atoms with E-state index in [1.165, 1.54) is 0 Å². The smallest absolute Gasteiger partial charge is 0.254 e. The maximum absolute atomic E-state index is 13.2. The largest absolute Gasteiger partial charge is 0.467 e. The highest BCUT2D eigenvalue weighted by Crippen LogP contribution is 2.16. The summed E-state index contributed by atoms with van der Waals surface area (Å²) in [6, 6.07) is 12.8. The topological polar surface area (TPSA) is 63.0 Å². The van der Waals surface area contributed by atoms with E-state index >= 15 is 0 Å². The van der Waals surface area contributed by atoms with Crippen molar-refractivity contribution in [1.29, 1.82) is 0 Å². The second-order valence-corrected chi connectivity index (χ2v) is 7.93. The van der Waals surface area contributed by atoms with Gasteiger partial charge in [0.1, 0.15) is 12.3 Å². The van der Waals surface area contributed by atoms with Crippen LogP contribution in [-0.2, 0) is 16.1 Å².